The lowest BCUT2D eigenvalue weighted by Crippen LogP contribution is -2.56. The number of rotatable bonds is 11. The summed E-state index contributed by atoms with van der Waals surface area (Å²) in [6, 6.07) is 16.1. The summed E-state index contributed by atoms with van der Waals surface area (Å²) in [6.07, 6.45) is 1.13. The highest BCUT2D eigenvalue weighted by molar-refractivity contribution is 5.93. The van der Waals surface area contributed by atoms with Crippen LogP contribution in [0.2, 0.25) is 0 Å². The van der Waals surface area contributed by atoms with Gasteiger partial charge < -0.3 is 20.1 Å². The Hall–Kier alpha value is -3.88. The maximum Gasteiger partial charge on any atom is 0.410 e. The fraction of sp³-hybridized carbons (Fsp3) is 0.500. The molecule has 2 N–H and O–H groups in total. The minimum absolute atomic E-state index is 0.103. The van der Waals surface area contributed by atoms with Crippen molar-refractivity contribution in [2.45, 2.75) is 90.6 Å². The monoisotopic (exact) mass is 565 g/mol. The summed E-state index contributed by atoms with van der Waals surface area (Å²) in [5.74, 6) is -1.33. The summed E-state index contributed by atoms with van der Waals surface area (Å²) in [5, 5.41) is 5.69. The molecular weight excluding hydrogens is 522 g/mol. The van der Waals surface area contributed by atoms with Gasteiger partial charge >= 0.3 is 12.1 Å². The number of nitrogens with zero attached hydrogens (tertiary/aromatic N) is 1. The summed E-state index contributed by atoms with van der Waals surface area (Å²) in [5.41, 5.74) is 0.980. The number of benzene rings is 2. The molecule has 3 atom stereocenters. The van der Waals surface area contributed by atoms with Crippen LogP contribution in [0.5, 0.6) is 0 Å². The summed E-state index contributed by atoms with van der Waals surface area (Å²) in [4.78, 5) is 54.3. The van der Waals surface area contributed by atoms with E-state index in [1.165, 1.54) is 4.90 Å². The maximum atomic E-state index is 13.6. The number of likely N-dealkylation sites (tertiary alicyclic amines) is 1. The zero-order chi connectivity index (χ0) is 30.0. The van der Waals surface area contributed by atoms with Gasteiger partial charge in [0.25, 0.3) is 0 Å². The molecule has 2 aromatic carbocycles. The second-order valence-corrected chi connectivity index (χ2v) is 11.9. The predicted octanol–water partition coefficient (Wildman–Crippen LogP) is 4.39. The third-order valence-corrected chi connectivity index (χ3v) is 6.63. The average molecular weight is 566 g/mol. The first kappa shape index (κ1) is 31.6. The maximum absolute atomic E-state index is 13.6. The SMILES string of the molecule is CC(C)C[C@@H](NC(=O)[C@H](Cc1ccccc1)NC(=O)[C@@H]1CCCN1C(=O)OCc1ccccc1)C(=O)OC(C)(C)C. The second kappa shape index (κ2) is 14.7. The number of nitrogens with one attached hydrogen (secondary N) is 2. The quantitative estimate of drug-likeness (QED) is 0.391. The minimum atomic E-state index is -0.968. The van der Waals surface area contributed by atoms with E-state index in [-0.39, 0.29) is 18.9 Å². The van der Waals surface area contributed by atoms with Crippen LogP contribution in [0, 0.1) is 5.92 Å². The number of hydrogen-bond donors (Lipinski definition) is 2. The molecule has 0 saturated carbocycles. The third kappa shape index (κ3) is 10.2. The van der Waals surface area contributed by atoms with E-state index in [4.69, 9.17) is 9.47 Å². The van der Waals surface area contributed by atoms with Gasteiger partial charge in [0.2, 0.25) is 11.8 Å². The van der Waals surface area contributed by atoms with Crippen LogP contribution in [0.25, 0.3) is 0 Å². The van der Waals surface area contributed by atoms with Crippen molar-refractivity contribution in [1.82, 2.24) is 15.5 Å². The molecule has 0 spiro atoms. The van der Waals surface area contributed by atoms with Gasteiger partial charge in [-0.05, 0) is 57.1 Å². The molecule has 0 aliphatic carbocycles. The zero-order valence-electron chi connectivity index (χ0n) is 24.7. The fourth-order valence-corrected chi connectivity index (χ4v) is 4.72. The van der Waals surface area contributed by atoms with Gasteiger partial charge in [-0.1, -0.05) is 74.5 Å². The lowest BCUT2D eigenvalue weighted by atomic mass is 10.0. The molecule has 0 bridgehead atoms. The third-order valence-electron chi connectivity index (χ3n) is 6.63. The van der Waals surface area contributed by atoms with E-state index >= 15 is 0 Å². The van der Waals surface area contributed by atoms with Crippen molar-refractivity contribution in [3.63, 3.8) is 0 Å². The van der Waals surface area contributed by atoms with E-state index in [1.807, 2.05) is 74.5 Å². The van der Waals surface area contributed by atoms with Crippen molar-refractivity contribution in [3.8, 4) is 0 Å². The number of carbonyl (C=O) groups is 4. The molecule has 1 fully saturated rings. The van der Waals surface area contributed by atoms with Crippen LogP contribution in [0.3, 0.4) is 0 Å². The lowest BCUT2D eigenvalue weighted by molar-refractivity contribution is -0.159. The molecule has 9 nitrogen and oxygen atoms in total. The number of amides is 3. The summed E-state index contributed by atoms with van der Waals surface area (Å²) >= 11 is 0. The Morgan fingerprint density at radius 2 is 1.51 bits per heavy atom. The largest absolute Gasteiger partial charge is 0.458 e. The zero-order valence-corrected chi connectivity index (χ0v) is 24.7. The number of hydrogen-bond acceptors (Lipinski definition) is 6. The van der Waals surface area contributed by atoms with Gasteiger partial charge in [-0.2, -0.15) is 0 Å². The van der Waals surface area contributed by atoms with Crippen molar-refractivity contribution in [2.75, 3.05) is 6.54 Å². The molecule has 0 radical (unpaired) electrons. The van der Waals surface area contributed by atoms with E-state index in [0.717, 1.165) is 11.1 Å². The molecule has 0 unspecified atom stereocenters. The van der Waals surface area contributed by atoms with Gasteiger partial charge in [-0.25, -0.2) is 9.59 Å². The lowest BCUT2D eigenvalue weighted by Gasteiger charge is -2.28. The van der Waals surface area contributed by atoms with Crippen molar-refractivity contribution in [2.24, 2.45) is 5.92 Å². The van der Waals surface area contributed by atoms with Crippen molar-refractivity contribution in [1.29, 1.82) is 0 Å². The normalized spacial score (nSPS) is 16.5. The Labute approximate surface area is 243 Å². The molecule has 9 heteroatoms. The second-order valence-electron chi connectivity index (χ2n) is 11.9. The van der Waals surface area contributed by atoms with Crippen molar-refractivity contribution in [3.05, 3.63) is 71.8 Å². The Kier molecular flexibility index (Phi) is 11.3. The van der Waals surface area contributed by atoms with Crippen LogP contribution in [0.1, 0.15) is 65.0 Å². The van der Waals surface area contributed by atoms with Gasteiger partial charge in [0.15, 0.2) is 0 Å². The predicted molar refractivity (Wildman–Crippen MR) is 156 cm³/mol. The molecule has 2 aromatic rings. The highest BCUT2D eigenvalue weighted by Gasteiger charge is 2.37. The van der Waals surface area contributed by atoms with Crippen LogP contribution >= 0.6 is 0 Å². The summed E-state index contributed by atoms with van der Waals surface area (Å²) in [7, 11) is 0. The van der Waals surface area contributed by atoms with E-state index in [1.54, 1.807) is 20.8 Å². The number of ether oxygens (including phenoxy) is 2. The van der Waals surface area contributed by atoms with E-state index in [9.17, 15) is 19.2 Å². The minimum Gasteiger partial charge on any atom is -0.458 e. The van der Waals surface area contributed by atoms with Gasteiger partial charge in [-0.15, -0.1) is 0 Å². The van der Waals surface area contributed by atoms with Crippen molar-refractivity contribution < 1.29 is 28.7 Å². The number of esters is 1. The smallest absolute Gasteiger partial charge is 0.410 e. The Balaban J connectivity index is 1.73. The molecule has 1 heterocycles. The topological polar surface area (TPSA) is 114 Å². The van der Waals surface area contributed by atoms with Gasteiger partial charge in [0.1, 0.15) is 30.3 Å². The van der Waals surface area contributed by atoms with Crippen LogP contribution in [0.15, 0.2) is 60.7 Å². The summed E-state index contributed by atoms with van der Waals surface area (Å²) < 4.78 is 11.0. The van der Waals surface area contributed by atoms with Gasteiger partial charge in [-0.3, -0.25) is 14.5 Å². The van der Waals surface area contributed by atoms with Crippen LogP contribution in [0.4, 0.5) is 4.79 Å². The van der Waals surface area contributed by atoms with Gasteiger partial charge in [0, 0.05) is 13.0 Å². The molecule has 1 aliphatic rings. The average Bonchev–Trinajstić information content (AvgIpc) is 3.41. The highest BCUT2D eigenvalue weighted by atomic mass is 16.6. The first-order valence-corrected chi connectivity index (χ1v) is 14.3. The van der Waals surface area contributed by atoms with E-state index < -0.39 is 47.6 Å². The molecular formula is C32H43N3O6. The first-order chi connectivity index (χ1) is 19.4. The summed E-state index contributed by atoms with van der Waals surface area (Å²) in [6.45, 7) is 9.72. The fourth-order valence-electron chi connectivity index (χ4n) is 4.72. The van der Waals surface area contributed by atoms with Crippen LogP contribution in [-0.4, -0.2) is 59.0 Å². The standard InChI is InChI=1S/C32H43N3O6/c1-22(2)19-26(30(38)41-32(3,4)5)34-28(36)25(20-23-13-8-6-9-14-23)33-29(37)27-17-12-18-35(27)31(39)40-21-24-15-10-7-11-16-24/h6-11,13-16,22,25-27H,12,17-21H2,1-5H3,(H,33,37)(H,34,36)/t25-,26+,27-/m0/s1. The molecule has 1 aliphatic heterocycles. The van der Waals surface area contributed by atoms with Crippen LogP contribution < -0.4 is 10.6 Å². The molecule has 3 amide bonds. The first-order valence-electron chi connectivity index (χ1n) is 14.3. The van der Waals surface area contributed by atoms with E-state index in [0.29, 0.717) is 25.8 Å². The Morgan fingerprint density at radius 3 is 2.10 bits per heavy atom. The van der Waals surface area contributed by atoms with Gasteiger partial charge in [0.05, 0.1) is 0 Å². The molecule has 41 heavy (non-hydrogen) atoms. The Morgan fingerprint density at radius 1 is 0.902 bits per heavy atom. The molecule has 222 valence electrons. The molecule has 1 saturated heterocycles. The van der Waals surface area contributed by atoms with E-state index in [2.05, 4.69) is 10.6 Å². The molecule has 0 aromatic heterocycles. The van der Waals surface area contributed by atoms with Crippen molar-refractivity contribution >= 4 is 23.9 Å². The Bertz CT molecular complexity index is 1160. The van der Waals surface area contributed by atoms with Crippen LogP contribution in [-0.2, 0) is 36.9 Å². The number of carbonyl (C=O) groups excluding carboxylic acids is 4. The molecule has 3 rings (SSSR count). The highest BCUT2D eigenvalue weighted by Crippen LogP contribution is 2.20.